The first kappa shape index (κ1) is 10.2. The van der Waals surface area contributed by atoms with E-state index in [0.717, 1.165) is 10.6 Å². The van der Waals surface area contributed by atoms with Crippen LogP contribution >= 0.6 is 0 Å². The van der Waals surface area contributed by atoms with E-state index in [-0.39, 0.29) is 16.9 Å². The molecule has 0 aliphatic heterocycles. The first-order valence-corrected chi connectivity index (χ1v) is 4.53. The van der Waals surface area contributed by atoms with Gasteiger partial charge < -0.3 is 0 Å². The van der Waals surface area contributed by atoms with E-state index < -0.39 is 5.82 Å². The maximum absolute atomic E-state index is 13.5. The maximum atomic E-state index is 13.5. The van der Waals surface area contributed by atoms with Gasteiger partial charge in [0.15, 0.2) is 0 Å². The zero-order valence-corrected chi connectivity index (χ0v) is 8.13. The minimum Gasteiger partial charge on any atom is -0.281 e. The normalized spacial score (nSPS) is 10.1. The Hall–Kier alpha value is -2.30. The van der Waals surface area contributed by atoms with Crippen molar-refractivity contribution in [2.24, 2.45) is 5.18 Å². The van der Waals surface area contributed by atoms with Crippen LogP contribution in [0.25, 0.3) is 5.69 Å². The lowest BCUT2D eigenvalue weighted by Crippen LogP contribution is -2.16. The highest BCUT2D eigenvalue weighted by Gasteiger charge is 2.06. The number of nitroso groups, excluding NO2 is 1. The minimum atomic E-state index is -0.662. The predicted molar refractivity (Wildman–Crippen MR) is 57.5 cm³/mol. The number of rotatable bonds is 2. The quantitative estimate of drug-likeness (QED) is 0.726. The van der Waals surface area contributed by atoms with Crippen LogP contribution in [0.5, 0.6) is 0 Å². The number of halogens is 1. The van der Waals surface area contributed by atoms with Gasteiger partial charge in [0.1, 0.15) is 11.5 Å². The Bertz CT molecular complexity index is 593. The summed E-state index contributed by atoms with van der Waals surface area (Å²) in [5.74, 6) is -0.662. The summed E-state index contributed by atoms with van der Waals surface area (Å²) in [6, 6.07) is 8.19. The second-order valence-electron chi connectivity index (χ2n) is 3.14. The molecule has 0 saturated carbocycles. The Morgan fingerprint density at radius 3 is 2.62 bits per heavy atom. The van der Waals surface area contributed by atoms with Crippen molar-refractivity contribution in [2.45, 2.75) is 0 Å². The van der Waals surface area contributed by atoms with E-state index in [1.165, 1.54) is 24.4 Å². The Kier molecular flexibility index (Phi) is 2.59. The molecule has 0 bridgehead atoms. The van der Waals surface area contributed by atoms with Crippen molar-refractivity contribution in [1.82, 2.24) is 4.57 Å². The van der Waals surface area contributed by atoms with Crippen LogP contribution in [0.15, 0.2) is 52.6 Å². The molecule has 0 spiro atoms. The SMILES string of the molecule is O=Nc1ccc(-n2ccccc2=O)c(F)c1. The molecule has 0 atom stereocenters. The number of aromatic nitrogens is 1. The zero-order valence-electron chi connectivity index (χ0n) is 8.13. The number of hydrogen-bond donors (Lipinski definition) is 0. The molecule has 1 heterocycles. The molecule has 0 aliphatic rings. The molecule has 4 nitrogen and oxygen atoms in total. The van der Waals surface area contributed by atoms with Crippen molar-refractivity contribution in [3.63, 3.8) is 0 Å². The van der Waals surface area contributed by atoms with Crippen LogP contribution in [0, 0.1) is 10.7 Å². The smallest absolute Gasteiger partial charge is 0.255 e. The topological polar surface area (TPSA) is 51.4 Å². The van der Waals surface area contributed by atoms with E-state index in [4.69, 9.17) is 0 Å². The third kappa shape index (κ3) is 1.75. The summed E-state index contributed by atoms with van der Waals surface area (Å²) in [7, 11) is 0. The fourth-order valence-electron chi connectivity index (χ4n) is 1.37. The molecule has 1 aromatic carbocycles. The van der Waals surface area contributed by atoms with Crippen LogP contribution in [0.4, 0.5) is 10.1 Å². The van der Waals surface area contributed by atoms with Gasteiger partial charge in [0.2, 0.25) is 0 Å². The van der Waals surface area contributed by atoms with E-state index in [0.29, 0.717) is 0 Å². The zero-order chi connectivity index (χ0) is 11.5. The summed E-state index contributed by atoms with van der Waals surface area (Å²) in [5.41, 5.74) is -0.253. The highest BCUT2D eigenvalue weighted by molar-refractivity contribution is 5.45. The van der Waals surface area contributed by atoms with Gasteiger partial charge in [0.25, 0.3) is 5.56 Å². The van der Waals surface area contributed by atoms with Gasteiger partial charge in [-0.2, -0.15) is 0 Å². The lowest BCUT2D eigenvalue weighted by Gasteiger charge is -2.05. The van der Waals surface area contributed by atoms with Crippen LogP contribution in [-0.4, -0.2) is 4.57 Å². The van der Waals surface area contributed by atoms with Crippen LogP contribution in [-0.2, 0) is 0 Å². The van der Waals surface area contributed by atoms with Crippen molar-refractivity contribution in [1.29, 1.82) is 0 Å². The summed E-state index contributed by atoms with van der Waals surface area (Å²) < 4.78 is 14.7. The summed E-state index contributed by atoms with van der Waals surface area (Å²) in [6.07, 6.45) is 1.45. The minimum absolute atomic E-state index is 0.00905. The summed E-state index contributed by atoms with van der Waals surface area (Å²) in [4.78, 5) is 21.6. The lowest BCUT2D eigenvalue weighted by molar-refractivity contribution is 0.616. The second-order valence-corrected chi connectivity index (χ2v) is 3.14. The van der Waals surface area contributed by atoms with Crippen molar-refractivity contribution in [3.8, 4) is 5.69 Å². The molecule has 2 rings (SSSR count). The lowest BCUT2D eigenvalue weighted by atomic mass is 10.2. The van der Waals surface area contributed by atoms with Crippen LogP contribution < -0.4 is 5.56 Å². The van der Waals surface area contributed by atoms with Gasteiger partial charge >= 0.3 is 0 Å². The molecule has 0 fully saturated rings. The molecule has 0 N–H and O–H groups in total. The molecule has 0 saturated heterocycles. The highest BCUT2D eigenvalue weighted by atomic mass is 19.1. The number of nitrogens with zero attached hydrogens (tertiary/aromatic N) is 2. The maximum Gasteiger partial charge on any atom is 0.255 e. The molecule has 2 aromatic rings. The molecule has 0 unspecified atom stereocenters. The summed E-state index contributed by atoms with van der Waals surface area (Å²) >= 11 is 0. The molecule has 80 valence electrons. The molecule has 16 heavy (non-hydrogen) atoms. The van der Waals surface area contributed by atoms with Crippen molar-refractivity contribution in [3.05, 3.63) is 63.7 Å². The van der Waals surface area contributed by atoms with Crippen LogP contribution in [0.2, 0.25) is 0 Å². The largest absolute Gasteiger partial charge is 0.281 e. The Morgan fingerprint density at radius 2 is 2.00 bits per heavy atom. The van der Waals surface area contributed by atoms with Crippen molar-refractivity contribution in [2.75, 3.05) is 0 Å². The van der Waals surface area contributed by atoms with E-state index >= 15 is 0 Å². The summed E-state index contributed by atoms with van der Waals surface area (Å²) in [5, 5.41) is 2.61. The van der Waals surface area contributed by atoms with Crippen molar-refractivity contribution < 1.29 is 4.39 Å². The number of pyridine rings is 1. The molecule has 5 heteroatoms. The third-order valence-electron chi connectivity index (χ3n) is 2.12. The summed E-state index contributed by atoms with van der Waals surface area (Å²) in [6.45, 7) is 0. The first-order valence-electron chi connectivity index (χ1n) is 4.53. The second kappa shape index (κ2) is 4.06. The fourth-order valence-corrected chi connectivity index (χ4v) is 1.37. The van der Waals surface area contributed by atoms with E-state index in [2.05, 4.69) is 5.18 Å². The Balaban J connectivity index is 2.62. The Morgan fingerprint density at radius 1 is 1.19 bits per heavy atom. The predicted octanol–water partition coefficient (Wildman–Crippen LogP) is 2.37. The van der Waals surface area contributed by atoms with Gasteiger partial charge in [-0.1, -0.05) is 6.07 Å². The van der Waals surface area contributed by atoms with E-state index in [9.17, 15) is 14.1 Å². The number of benzene rings is 1. The van der Waals surface area contributed by atoms with Gasteiger partial charge in [-0.05, 0) is 23.4 Å². The molecular formula is C11H7FN2O2. The average Bonchev–Trinajstić information content (AvgIpc) is 2.30. The Labute approximate surface area is 89.9 Å². The van der Waals surface area contributed by atoms with Gasteiger partial charge in [-0.15, -0.1) is 4.91 Å². The molecular weight excluding hydrogens is 211 g/mol. The van der Waals surface area contributed by atoms with Crippen LogP contribution in [0.3, 0.4) is 0 Å². The molecule has 0 amide bonds. The van der Waals surface area contributed by atoms with Crippen molar-refractivity contribution >= 4 is 5.69 Å². The standard InChI is InChI=1S/C11H7FN2O2/c12-9-7-8(13-16)4-5-10(9)14-6-2-1-3-11(14)15/h1-7H. The molecule has 0 radical (unpaired) electrons. The molecule has 0 aliphatic carbocycles. The van der Waals surface area contributed by atoms with Gasteiger partial charge in [-0.3, -0.25) is 9.36 Å². The first-order chi connectivity index (χ1) is 7.72. The van der Waals surface area contributed by atoms with E-state index in [1.54, 1.807) is 12.1 Å². The average molecular weight is 218 g/mol. The van der Waals surface area contributed by atoms with Gasteiger partial charge in [0, 0.05) is 18.3 Å². The van der Waals surface area contributed by atoms with Gasteiger partial charge in [-0.25, -0.2) is 4.39 Å². The van der Waals surface area contributed by atoms with Crippen LogP contribution in [0.1, 0.15) is 0 Å². The monoisotopic (exact) mass is 218 g/mol. The number of hydrogen-bond acceptors (Lipinski definition) is 3. The highest BCUT2D eigenvalue weighted by Crippen LogP contribution is 2.18. The fraction of sp³-hybridized carbons (Fsp3) is 0. The van der Waals surface area contributed by atoms with E-state index in [1.807, 2.05) is 0 Å². The molecule has 1 aromatic heterocycles. The van der Waals surface area contributed by atoms with Gasteiger partial charge in [0.05, 0.1) is 5.69 Å². The third-order valence-corrected chi connectivity index (χ3v) is 2.12.